The number of benzene rings is 3. The van der Waals surface area contributed by atoms with Crippen LogP contribution in [0, 0.1) is 12.7 Å². The summed E-state index contributed by atoms with van der Waals surface area (Å²) in [6, 6.07) is 17.2. The van der Waals surface area contributed by atoms with Crippen molar-refractivity contribution in [2.45, 2.75) is 57.6 Å². The van der Waals surface area contributed by atoms with Crippen LogP contribution in [0.2, 0.25) is 0 Å². The second kappa shape index (κ2) is 13.4. The Morgan fingerprint density at radius 3 is 2.10 bits per heavy atom. The highest BCUT2D eigenvalue weighted by atomic mass is 32.2. The van der Waals surface area contributed by atoms with Crippen LogP contribution in [-0.2, 0) is 26.2 Å². The third-order valence-corrected chi connectivity index (χ3v) is 8.47. The zero-order chi connectivity index (χ0) is 29.4. The summed E-state index contributed by atoms with van der Waals surface area (Å²) in [5, 5.41) is 2.88. The Morgan fingerprint density at radius 1 is 0.950 bits per heavy atom. The molecule has 0 spiro atoms. The lowest BCUT2D eigenvalue weighted by molar-refractivity contribution is -0.139. The lowest BCUT2D eigenvalue weighted by Gasteiger charge is -2.32. The largest absolute Gasteiger partial charge is 0.497 e. The van der Waals surface area contributed by atoms with E-state index in [4.69, 9.17) is 4.74 Å². The Morgan fingerprint density at radius 2 is 1.55 bits per heavy atom. The van der Waals surface area contributed by atoms with Crippen molar-refractivity contribution in [1.29, 1.82) is 0 Å². The molecule has 40 heavy (non-hydrogen) atoms. The zero-order valence-electron chi connectivity index (χ0n) is 23.4. The smallest absolute Gasteiger partial charge is 0.264 e. The molecule has 0 unspecified atom stereocenters. The molecule has 214 valence electrons. The van der Waals surface area contributed by atoms with E-state index in [0.717, 1.165) is 9.87 Å². The minimum Gasteiger partial charge on any atom is -0.497 e. The fourth-order valence-electron chi connectivity index (χ4n) is 3.95. The number of hydrogen-bond acceptors (Lipinski definition) is 5. The van der Waals surface area contributed by atoms with Crippen LogP contribution >= 0.6 is 0 Å². The number of aryl methyl sites for hydroxylation is 1. The van der Waals surface area contributed by atoms with Gasteiger partial charge in [0.25, 0.3) is 10.0 Å². The number of nitrogens with one attached hydrogen (secondary N) is 1. The summed E-state index contributed by atoms with van der Waals surface area (Å²) in [4.78, 5) is 28.3. The number of anilines is 1. The second-order valence-electron chi connectivity index (χ2n) is 9.66. The van der Waals surface area contributed by atoms with Crippen LogP contribution in [0.5, 0.6) is 5.75 Å². The number of rotatable bonds is 12. The van der Waals surface area contributed by atoms with Crippen molar-refractivity contribution in [3.05, 3.63) is 89.7 Å². The summed E-state index contributed by atoms with van der Waals surface area (Å²) in [7, 11) is -2.71. The molecule has 0 aliphatic heterocycles. The molecule has 0 fully saturated rings. The van der Waals surface area contributed by atoms with E-state index in [2.05, 4.69) is 5.32 Å². The minimum atomic E-state index is -4.19. The first-order chi connectivity index (χ1) is 19.0. The molecule has 0 radical (unpaired) electrons. The molecule has 2 amide bonds. The average Bonchev–Trinajstić information content (AvgIpc) is 2.95. The van der Waals surface area contributed by atoms with Gasteiger partial charge in [0.1, 0.15) is 24.2 Å². The maximum absolute atomic E-state index is 13.9. The van der Waals surface area contributed by atoms with Crippen molar-refractivity contribution >= 4 is 27.5 Å². The van der Waals surface area contributed by atoms with E-state index < -0.39 is 34.3 Å². The van der Waals surface area contributed by atoms with Gasteiger partial charge in [-0.05, 0) is 81.3 Å². The van der Waals surface area contributed by atoms with Gasteiger partial charge in [0.2, 0.25) is 11.8 Å². The van der Waals surface area contributed by atoms with Crippen molar-refractivity contribution < 1.29 is 27.1 Å². The minimum absolute atomic E-state index is 0.0153. The third-order valence-electron chi connectivity index (χ3n) is 6.68. The maximum atomic E-state index is 13.9. The first-order valence-corrected chi connectivity index (χ1v) is 14.5. The van der Waals surface area contributed by atoms with E-state index in [1.165, 1.54) is 60.5 Å². The van der Waals surface area contributed by atoms with Gasteiger partial charge >= 0.3 is 0 Å². The van der Waals surface area contributed by atoms with Crippen LogP contribution in [0.3, 0.4) is 0 Å². The molecule has 0 aliphatic carbocycles. The van der Waals surface area contributed by atoms with Crippen LogP contribution in [0.1, 0.15) is 38.3 Å². The highest BCUT2D eigenvalue weighted by molar-refractivity contribution is 7.92. The number of halogens is 1. The predicted molar refractivity (Wildman–Crippen MR) is 153 cm³/mol. The molecular formula is C30H36FN3O5S. The van der Waals surface area contributed by atoms with Crippen LogP contribution in [-0.4, -0.2) is 50.9 Å². The summed E-state index contributed by atoms with van der Waals surface area (Å²) >= 11 is 0. The van der Waals surface area contributed by atoms with Crippen LogP contribution < -0.4 is 14.4 Å². The Kier molecular flexibility index (Phi) is 10.3. The van der Waals surface area contributed by atoms with Crippen LogP contribution in [0.15, 0.2) is 77.7 Å². The van der Waals surface area contributed by atoms with Gasteiger partial charge in [-0.2, -0.15) is 0 Å². The molecule has 3 rings (SSSR count). The van der Waals surface area contributed by atoms with Gasteiger partial charge in [0.05, 0.1) is 17.7 Å². The first kappa shape index (κ1) is 30.6. The Labute approximate surface area is 235 Å². The number of sulfonamides is 1. The second-order valence-corrected chi connectivity index (χ2v) is 11.5. The SMILES string of the molecule is CC[C@@H](C)NC(=O)[C@H](C)N(Cc1ccc(F)cc1)C(=O)CN(c1ccc(C)cc1)S(=O)(=O)c1ccc(OC)cc1. The number of hydrogen-bond donors (Lipinski definition) is 1. The van der Waals surface area contributed by atoms with E-state index in [0.29, 0.717) is 23.4 Å². The van der Waals surface area contributed by atoms with E-state index >= 15 is 0 Å². The molecule has 0 heterocycles. The summed E-state index contributed by atoms with van der Waals surface area (Å²) in [6.45, 7) is 6.68. The van der Waals surface area contributed by atoms with Crippen molar-refractivity contribution in [2.75, 3.05) is 18.0 Å². The van der Waals surface area contributed by atoms with Gasteiger partial charge < -0.3 is 15.0 Å². The molecule has 3 aromatic carbocycles. The van der Waals surface area contributed by atoms with Gasteiger partial charge in [-0.1, -0.05) is 36.8 Å². The topological polar surface area (TPSA) is 96.0 Å². The zero-order valence-corrected chi connectivity index (χ0v) is 24.2. The Balaban J connectivity index is 2.01. The molecule has 0 bridgehead atoms. The maximum Gasteiger partial charge on any atom is 0.264 e. The van der Waals surface area contributed by atoms with Crippen LogP contribution in [0.4, 0.5) is 10.1 Å². The average molecular weight is 570 g/mol. The van der Waals surface area contributed by atoms with Crippen molar-refractivity contribution in [1.82, 2.24) is 10.2 Å². The molecular weight excluding hydrogens is 533 g/mol. The van der Waals surface area contributed by atoms with Gasteiger partial charge in [0.15, 0.2) is 0 Å². The lowest BCUT2D eigenvalue weighted by Crippen LogP contribution is -2.52. The van der Waals surface area contributed by atoms with E-state index in [1.54, 1.807) is 31.2 Å². The number of carbonyl (C=O) groups is 2. The van der Waals surface area contributed by atoms with Crippen molar-refractivity contribution in [3.63, 3.8) is 0 Å². The van der Waals surface area contributed by atoms with E-state index in [-0.39, 0.29) is 23.4 Å². The normalized spacial score (nSPS) is 12.8. The predicted octanol–water partition coefficient (Wildman–Crippen LogP) is 4.67. The Bertz CT molecular complexity index is 1390. The van der Waals surface area contributed by atoms with Gasteiger partial charge in [-0.3, -0.25) is 13.9 Å². The van der Waals surface area contributed by atoms with Crippen molar-refractivity contribution in [3.8, 4) is 5.75 Å². The van der Waals surface area contributed by atoms with Gasteiger partial charge in [-0.15, -0.1) is 0 Å². The molecule has 0 aliphatic rings. The van der Waals surface area contributed by atoms with Crippen LogP contribution in [0.25, 0.3) is 0 Å². The molecule has 8 nitrogen and oxygen atoms in total. The summed E-state index contributed by atoms with van der Waals surface area (Å²) in [5.41, 5.74) is 1.82. The molecule has 0 saturated carbocycles. The highest BCUT2D eigenvalue weighted by Crippen LogP contribution is 2.26. The monoisotopic (exact) mass is 569 g/mol. The lowest BCUT2D eigenvalue weighted by atomic mass is 10.1. The van der Waals surface area contributed by atoms with E-state index in [9.17, 15) is 22.4 Å². The fourth-order valence-corrected chi connectivity index (χ4v) is 5.36. The quantitative estimate of drug-likeness (QED) is 0.342. The number of ether oxygens (including phenoxy) is 1. The molecule has 1 N–H and O–H groups in total. The number of amides is 2. The number of nitrogens with zero attached hydrogens (tertiary/aromatic N) is 2. The molecule has 0 saturated heterocycles. The molecule has 2 atom stereocenters. The fraction of sp³-hybridized carbons (Fsp3) is 0.333. The number of methoxy groups -OCH3 is 1. The summed E-state index contributed by atoms with van der Waals surface area (Å²) in [5.74, 6) is -0.901. The summed E-state index contributed by atoms with van der Waals surface area (Å²) in [6.07, 6.45) is 0.700. The first-order valence-electron chi connectivity index (χ1n) is 13.0. The number of carbonyl (C=O) groups excluding carboxylic acids is 2. The van der Waals surface area contributed by atoms with E-state index in [1.807, 2.05) is 20.8 Å². The van der Waals surface area contributed by atoms with Gasteiger partial charge in [-0.25, -0.2) is 12.8 Å². The molecule has 3 aromatic rings. The summed E-state index contributed by atoms with van der Waals surface area (Å²) < 4.78 is 47.4. The highest BCUT2D eigenvalue weighted by Gasteiger charge is 2.32. The Hall–Kier alpha value is -3.92. The third kappa shape index (κ3) is 7.59. The van der Waals surface area contributed by atoms with Crippen molar-refractivity contribution in [2.24, 2.45) is 0 Å². The standard InChI is InChI=1S/C30H36FN3O5S/c1-6-22(3)32-30(36)23(4)33(19-24-9-11-25(31)12-10-24)29(35)20-34(26-13-7-21(2)8-14-26)40(37,38)28-17-15-27(39-5)16-18-28/h7-18,22-23H,6,19-20H2,1-5H3,(H,32,36)/t22-,23+/m1/s1. The molecule has 10 heteroatoms. The molecule has 0 aromatic heterocycles. The van der Waals surface area contributed by atoms with Gasteiger partial charge in [0, 0.05) is 12.6 Å².